The smallest absolute Gasteiger partial charge is 0.261 e. The molecule has 1 N–H and O–H groups in total. The number of hydrogen-bond acceptors (Lipinski definition) is 3. The van der Waals surface area contributed by atoms with Crippen molar-refractivity contribution in [2.45, 2.75) is 6.92 Å². The van der Waals surface area contributed by atoms with E-state index in [2.05, 4.69) is 21.2 Å². The first kappa shape index (κ1) is 17.2. The Morgan fingerprint density at radius 1 is 1.20 bits per heavy atom. The van der Waals surface area contributed by atoms with E-state index in [-0.39, 0.29) is 11.0 Å². The molecule has 0 aliphatic heterocycles. The number of halogens is 1. The molecule has 25 heavy (non-hydrogen) atoms. The number of aryl methyl sites for hydroxylation is 1. The predicted octanol–water partition coefficient (Wildman–Crippen LogP) is 3.95. The highest BCUT2D eigenvalue weighted by Gasteiger charge is 2.15. The average molecular weight is 401 g/mol. The summed E-state index contributed by atoms with van der Waals surface area (Å²) in [5.74, 6) is 0.171. The average Bonchev–Trinajstić information content (AvgIpc) is 2.60. The number of rotatable bonds is 4. The summed E-state index contributed by atoms with van der Waals surface area (Å²) in [5, 5.41) is 3.21. The number of carbonyl (C=O) groups excluding carboxylic acids is 1. The van der Waals surface area contributed by atoms with Gasteiger partial charge in [0.15, 0.2) is 0 Å². The van der Waals surface area contributed by atoms with Crippen LogP contribution in [0.15, 0.2) is 57.9 Å². The van der Waals surface area contributed by atoms with Crippen LogP contribution in [-0.4, -0.2) is 17.1 Å². The van der Waals surface area contributed by atoms with Crippen LogP contribution in [0.25, 0.3) is 10.9 Å². The lowest BCUT2D eigenvalue weighted by Gasteiger charge is -2.11. The number of hydrogen-bond donors (Lipinski definition) is 1. The molecule has 128 valence electrons. The fourth-order valence-electron chi connectivity index (χ4n) is 2.62. The van der Waals surface area contributed by atoms with Crippen LogP contribution in [0.3, 0.4) is 0 Å². The minimum Gasteiger partial charge on any atom is -0.494 e. The third-order valence-electron chi connectivity index (χ3n) is 3.82. The van der Waals surface area contributed by atoms with Gasteiger partial charge in [-0.2, -0.15) is 0 Å². The number of aromatic nitrogens is 1. The summed E-state index contributed by atoms with van der Waals surface area (Å²) in [4.78, 5) is 25.3. The van der Waals surface area contributed by atoms with Crippen LogP contribution in [0.5, 0.6) is 5.75 Å². The van der Waals surface area contributed by atoms with E-state index in [1.807, 2.05) is 31.2 Å². The minimum absolute atomic E-state index is 0.0894. The lowest BCUT2D eigenvalue weighted by molar-refractivity contribution is 0.102. The van der Waals surface area contributed by atoms with E-state index in [0.29, 0.717) is 23.4 Å². The molecule has 0 fully saturated rings. The van der Waals surface area contributed by atoms with E-state index in [9.17, 15) is 9.59 Å². The van der Waals surface area contributed by atoms with Gasteiger partial charge in [0.25, 0.3) is 5.91 Å². The Hall–Kier alpha value is -2.60. The van der Waals surface area contributed by atoms with Crippen LogP contribution >= 0.6 is 15.9 Å². The molecule has 0 aliphatic rings. The quantitative estimate of drug-likeness (QED) is 0.720. The highest BCUT2D eigenvalue weighted by atomic mass is 79.9. The second kappa shape index (κ2) is 7.11. The Morgan fingerprint density at radius 3 is 2.60 bits per heavy atom. The van der Waals surface area contributed by atoms with Crippen molar-refractivity contribution in [3.05, 3.63) is 68.9 Å². The molecule has 1 aromatic heterocycles. The maximum atomic E-state index is 12.8. The molecule has 3 rings (SSSR count). The van der Waals surface area contributed by atoms with E-state index in [0.717, 1.165) is 9.99 Å². The van der Waals surface area contributed by atoms with Gasteiger partial charge in [-0.25, -0.2) is 0 Å². The molecular formula is C19H17BrN2O3. The standard InChI is InChI=1S/C19H17BrN2O3/c1-3-25-14-8-9-17-15(10-14)18(23)16(11-22(17)2)19(24)21-13-6-4-12(20)5-7-13/h4-11H,3H2,1-2H3,(H,21,24). The zero-order chi connectivity index (χ0) is 18.0. The second-order valence-electron chi connectivity index (χ2n) is 5.56. The molecule has 0 saturated carbocycles. The lowest BCUT2D eigenvalue weighted by atomic mass is 10.1. The van der Waals surface area contributed by atoms with Crippen molar-refractivity contribution < 1.29 is 9.53 Å². The zero-order valence-corrected chi connectivity index (χ0v) is 15.5. The first-order valence-corrected chi connectivity index (χ1v) is 8.62. The molecule has 2 aromatic carbocycles. The van der Waals surface area contributed by atoms with Gasteiger partial charge in [-0.1, -0.05) is 15.9 Å². The second-order valence-corrected chi connectivity index (χ2v) is 6.47. The van der Waals surface area contributed by atoms with Crippen molar-refractivity contribution in [1.82, 2.24) is 4.57 Å². The molecule has 5 nitrogen and oxygen atoms in total. The maximum Gasteiger partial charge on any atom is 0.261 e. The summed E-state index contributed by atoms with van der Waals surface area (Å²) in [6.07, 6.45) is 1.55. The summed E-state index contributed by atoms with van der Waals surface area (Å²) in [7, 11) is 1.80. The molecule has 1 amide bonds. The number of anilines is 1. The van der Waals surface area contributed by atoms with Crippen LogP contribution in [0.1, 0.15) is 17.3 Å². The van der Waals surface area contributed by atoms with Crippen molar-refractivity contribution >= 4 is 38.4 Å². The lowest BCUT2D eigenvalue weighted by Crippen LogP contribution is -2.23. The number of nitrogens with one attached hydrogen (secondary N) is 1. The highest BCUT2D eigenvalue weighted by molar-refractivity contribution is 9.10. The third kappa shape index (κ3) is 3.58. The number of pyridine rings is 1. The SMILES string of the molecule is CCOc1ccc2c(c1)c(=O)c(C(=O)Nc1ccc(Br)cc1)cn2C. The Kier molecular flexibility index (Phi) is 4.90. The van der Waals surface area contributed by atoms with Crippen LogP contribution in [0.4, 0.5) is 5.69 Å². The number of carbonyl (C=O) groups is 1. The van der Waals surface area contributed by atoms with Gasteiger partial charge in [-0.3, -0.25) is 9.59 Å². The molecule has 0 spiro atoms. The van der Waals surface area contributed by atoms with E-state index >= 15 is 0 Å². The van der Waals surface area contributed by atoms with Crippen LogP contribution in [0, 0.1) is 0 Å². The van der Waals surface area contributed by atoms with Gasteiger partial charge in [0.1, 0.15) is 11.3 Å². The maximum absolute atomic E-state index is 12.8. The molecule has 1 heterocycles. The number of amides is 1. The number of nitrogens with zero attached hydrogens (tertiary/aromatic N) is 1. The minimum atomic E-state index is -0.438. The van der Waals surface area contributed by atoms with E-state index in [1.165, 1.54) is 0 Å². The number of fused-ring (bicyclic) bond motifs is 1. The molecule has 6 heteroatoms. The van der Waals surface area contributed by atoms with E-state index in [4.69, 9.17) is 4.74 Å². The first-order chi connectivity index (χ1) is 12.0. The van der Waals surface area contributed by atoms with Crippen molar-refractivity contribution in [2.24, 2.45) is 7.05 Å². The van der Waals surface area contributed by atoms with Crippen LogP contribution in [-0.2, 0) is 7.05 Å². The van der Waals surface area contributed by atoms with Crippen molar-refractivity contribution in [1.29, 1.82) is 0 Å². The highest BCUT2D eigenvalue weighted by Crippen LogP contribution is 2.19. The normalized spacial score (nSPS) is 10.7. The Balaban J connectivity index is 2.03. The Labute approximate surface area is 153 Å². The summed E-state index contributed by atoms with van der Waals surface area (Å²) < 4.78 is 8.14. The van der Waals surface area contributed by atoms with E-state index < -0.39 is 5.91 Å². The number of benzene rings is 2. The first-order valence-electron chi connectivity index (χ1n) is 7.82. The number of ether oxygens (including phenoxy) is 1. The molecule has 0 radical (unpaired) electrons. The fraction of sp³-hybridized carbons (Fsp3) is 0.158. The summed E-state index contributed by atoms with van der Waals surface area (Å²) >= 11 is 3.35. The van der Waals surface area contributed by atoms with Crippen molar-refractivity contribution in [3.8, 4) is 5.75 Å². The van der Waals surface area contributed by atoms with Gasteiger partial charge in [-0.05, 0) is 49.4 Å². The molecule has 3 aromatic rings. The van der Waals surface area contributed by atoms with Crippen LogP contribution in [0.2, 0.25) is 0 Å². The topological polar surface area (TPSA) is 60.3 Å². The van der Waals surface area contributed by atoms with Gasteiger partial charge in [0.05, 0.1) is 17.5 Å². The zero-order valence-electron chi connectivity index (χ0n) is 13.9. The summed E-state index contributed by atoms with van der Waals surface area (Å²) in [5.41, 5.74) is 1.14. The monoisotopic (exact) mass is 400 g/mol. The molecule has 0 aliphatic carbocycles. The summed E-state index contributed by atoms with van der Waals surface area (Å²) in [6.45, 7) is 2.39. The summed E-state index contributed by atoms with van der Waals surface area (Å²) in [6, 6.07) is 12.5. The molecule has 0 saturated heterocycles. The Bertz CT molecular complexity index is 994. The van der Waals surface area contributed by atoms with Gasteiger partial charge in [0, 0.05) is 23.4 Å². The van der Waals surface area contributed by atoms with Gasteiger partial charge >= 0.3 is 0 Å². The van der Waals surface area contributed by atoms with Crippen LogP contribution < -0.4 is 15.5 Å². The fourth-order valence-corrected chi connectivity index (χ4v) is 2.89. The molecule has 0 bridgehead atoms. The molecule has 0 atom stereocenters. The largest absolute Gasteiger partial charge is 0.494 e. The van der Waals surface area contributed by atoms with Crippen molar-refractivity contribution in [3.63, 3.8) is 0 Å². The van der Waals surface area contributed by atoms with Crippen molar-refractivity contribution in [2.75, 3.05) is 11.9 Å². The molecule has 0 unspecified atom stereocenters. The molecular weight excluding hydrogens is 384 g/mol. The van der Waals surface area contributed by atoms with E-state index in [1.54, 1.807) is 36.0 Å². The van der Waals surface area contributed by atoms with Gasteiger partial charge in [0.2, 0.25) is 5.43 Å². The van der Waals surface area contributed by atoms with Gasteiger partial charge in [-0.15, -0.1) is 0 Å². The Morgan fingerprint density at radius 2 is 1.92 bits per heavy atom. The third-order valence-corrected chi connectivity index (χ3v) is 4.35. The van der Waals surface area contributed by atoms with Gasteiger partial charge < -0.3 is 14.6 Å². The predicted molar refractivity (Wildman–Crippen MR) is 102 cm³/mol.